The highest BCUT2D eigenvalue weighted by Gasteiger charge is 2.11. The Morgan fingerprint density at radius 2 is 2.00 bits per heavy atom. The monoisotopic (exact) mass is 268 g/mol. The van der Waals surface area contributed by atoms with Crippen LogP contribution in [0.25, 0.3) is 0 Å². The summed E-state index contributed by atoms with van der Waals surface area (Å²) in [6.45, 7) is 3.37. The van der Waals surface area contributed by atoms with Crippen LogP contribution in [-0.4, -0.2) is 30.9 Å². The summed E-state index contributed by atoms with van der Waals surface area (Å²) in [4.78, 5) is 13.7. The molecule has 0 aliphatic carbocycles. The molecular weight excluding hydrogens is 248 g/mol. The van der Waals surface area contributed by atoms with E-state index in [0.29, 0.717) is 18.9 Å². The van der Waals surface area contributed by atoms with Crippen LogP contribution in [0, 0.1) is 5.92 Å². The van der Waals surface area contributed by atoms with Crippen LogP contribution >= 0.6 is 11.6 Å². The molecule has 1 atom stereocenters. The summed E-state index contributed by atoms with van der Waals surface area (Å²) in [6, 6.07) is 7.61. The van der Waals surface area contributed by atoms with E-state index in [1.165, 1.54) is 0 Å². The Morgan fingerprint density at radius 1 is 1.39 bits per heavy atom. The van der Waals surface area contributed by atoms with Gasteiger partial charge in [-0.05, 0) is 36.6 Å². The Bertz CT molecular complexity index is 378. The minimum atomic E-state index is 0.158. The van der Waals surface area contributed by atoms with Crippen molar-refractivity contribution in [1.82, 2.24) is 4.90 Å². The van der Waals surface area contributed by atoms with Crippen molar-refractivity contribution in [3.8, 4) is 0 Å². The first kappa shape index (κ1) is 15.0. The molecular formula is C14H21ClN2O. The number of nitrogens with two attached hydrogens (primary N) is 1. The zero-order valence-corrected chi connectivity index (χ0v) is 11.8. The average Bonchev–Trinajstić information content (AvgIpc) is 2.37. The van der Waals surface area contributed by atoms with E-state index in [4.69, 9.17) is 17.3 Å². The molecule has 0 fully saturated rings. The molecule has 0 radical (unpaired) electrons. The van der Waals surface area contributed by atoms with Gasteiger partial charge in [0.1, 0.15) is 0 Å². The summed E-state index contributed by atoms with van der Waals surface area (Å²) in [5.74, 6) is 0.500. The van der Waals surface area contributed by atoms with Gasteiger partial charge in [-0.3, -0.25) is 4.79 Å². The minimum absolute atomic E-state index is 0.158. The number of hydrogen-bond donors (Lipinski definition) is 1. The highest BCUT2D eigenvalue weighted by atomic mass is 35.5. The molecule has 4 heteroatoms. The molecule has 0 spiro atoms. The second-order valence-electron chi connectivity index (χ2n) is 4.74. The number of aryl methyl sites for hydroxylation is 1. The van der Waals surface area contributed by atoms with Crippen molar-refractivity contribution in [2.45, 2.75) is 19.8 Å². The summed E-state index contributed by atoms with van der Waals surface area (Å²) in [7, 11) is 1.83. The number of benzene rings is 1. The molecule has 0 saturated carbocycles. The van der Waals surface area contributed by atoms with Crippen LogP contribution in [0.4, 0.5) is 0 Å². The first-order valence-corrected chi connectivity index (χ1v) is 6.59. The quantitative estimate of drug-likeness (QED) is 0.861. The van der Waals surface area contributed by atoms with Crippen molar-refractivity contribution >= 4 is 17.5 Å². The SMILES string of the molecule is CC(CN)CN(C)C(=O)CCc1ccc(Cl)cc1. The van der Waals surface area contributed by atoms with E-state index in [1.807, 2.05) is 38.2 Å². The van der Waals surface area contributed by atoms with Gasteiger partial charge < -0.3 is 10.6 Å². The van der Waals surface area contributed by atoms with Crippen molar-refractivity contribution < 1.29 is 4.79 Å². The summed E-state index contributed by atoms with van der Waals surface area (Å²) in [5, 5.41) is 0.721. The Hall–Kier alpha value is -1.06. The van der Waals surface area contributed by atoms with Gasteiger partial charge in [-0.25, -0.2) is 0 Å². The van der Waals surface area contributed by atoms with Crippen LogP contribution in [0.3, 0.4) is 0 Å². The standard InChI is InChI=1S/C14H21ClN2O/c1-11(9-16)10-17(2)14(18)8-5-12-3-6-13(15)7-4-12/h3-4,6-7,11H,5,8-10,16H2,1-2H3. The van der Waals surface area contributed by atoms with Crippen LogP contribution in [-0.2, 0) is 11.2 Å². The Balaban J connectivity index is 2.38. The van der Waals surface area contributed by atoms with Crippen molar-refractivity contribution in [3.05, 3.63) is 34.9 Å². The first-order valence-electron chi connectivity index (χ1n) is 6.21. The van der Waals surface area contributed by atoms with E-state index in [9.17, 15) is 4.79 Å². The lowest BCUT2D eigenvalue weighted by Gasteiger charge is -2.20. The molecule has 1 rings (SSSR count). The molecule has 1 aromatic carbocycles. The lowest BCUT2D eigenvalue weighted by atomic mass is 10.1. The van der Waals surface area contributed by atoms with Crippen molar-refractivity contribution in [1.29, 1.82) is 0 Å². The van der Waals surface area contributed by atoms with Crippen LogP contribution in [0.1, 0.15) is 18.9 Å². The highest BCUT2D eigenvalue weighted by molar-refractivity contribution is 6.30. The van der Waals surface area contributed by atoms with Gasteiger partial charge in [0.25, 0.3) is 0 Å². The Morgan fingerprint density at radius 3 is 2.56 bits per heavy atom. The fourth-order valence-electron chi connectivity index (χ4n) is 1.74. The van der Waals surface area contributed by atoms with Crippen molar-refractivity contribution in [3.63, 3.8) is 0 Å². The lowest BCUT2D eigenvalue weighted by molar-refractivity contribution is -0.130. The molecule has 1 aromatic rings. The smallest absolute Gasteiger partial charge is 0.222 e. The first-order chi connectivity index (χ1) is 8.52. The number of amides is 1. The second-order valence-corrected chi connectivity index (χ2v) is 5.18. The zero-order valence-electron chi connectivity index (χ0n) is 11.0. The summed E-state index contributed by atoms with van der Waals surface area (Å²) < 4.78 is 0. The van der Waals surface area contributed by atoms with E-state index < -0.39 is 0 Å². The largest absolute Gasteiger partial charge is 0.345 e. The molecule has 0 heterocycles. The van der Waals surface area contributed by atoms with Gasteiger partial charge in [0, 0.05) is 25.0 Å². The molecule has 2 N–H and O–H groups in total. The Labute approximate surface area is 114 Å². The van der Waals surface area contributed by atoms with Crippen molar-refractivity contribution in [2.75, 3.05) is 20.1 Å². The van der Waals surface area contributed by atoms with Gasteiger partial charge >= 0.3 is 0 Å². The molecule has 0 aliphatic rings. The maximum Gasteiger partial charge on any atom is 0.222 e. The van der Waals surface area contributed by atoms with E-state index in [1.54, 1.807) is 4.90 Å². The zero-order chi connectivity index (χ0) is 13.5. The van der Waals surface area contributed by atoms with E-state index in [2.05, 4.69) is 0 Å². The number of carbonyl (C=O) groups is 1. The molecule has 100 valence electrons. The van der Waals surface area contributed by atoms with Gasteiger partial charge in [0.2, 0.25) is 5.91 Å². The molecule has 18 heavy (non-hydrogen) atoms. The predicted octanol–water partition coefficient (Wildman–Crippen LogP) is 2.33. The fourth-order valence-corrected chi connectivity index (χ4v) is 1.86. The topological polar surface area (TPSA) is 46.3 Å². The van der Waals surface area contributed by atoms with Crippen LogP contribution in [0.2, 0.25) is 5.02 Å². The number of rotatable bonds is 6. The molecule has 0 aliphatic heterocycles. The van der Waals surface area contributed by atoms with Crippen LogP contribution in [0.15, 0.2) is 24.3 Å². The molecule has 0 bridgehead atoms. The van der Waals surface area contributed by atoms with Gasteiger partial charge in [-0.1, -0.05) is 30.7 Å². The summed E-state index contributed by atoms with van der Waals surface area (Å²) in [6.07, 6.45) is 1.27. The number of carbonyl (C=O) groups excluding carboxylic acids is 1. The molecule has 1 unspecified atom stereocenters. The lowest BCUT2D eigenvalue weighted by Crippen LogP contribution is -2.33. The highest BCUT2D eigenvalue weighted by Crippen LogP contribution is 2.11. The molecule has 1 amide bonds. The average molecular weight is 269 g/mol. The number of hydrogen-bond acceptors (Lipinski definition) is 2. The van der Waals surface area contributed by atoms with Crippen molar-refractivity contribution in [2.24, 2.45) is 11.7 Å². The summed E-state index contributed by atoms with van der Waals surface area (Å²) >= 11 is 5.81. The molecule has 3 nitrogen and oxygen atoms in total. The number of nitrogens with zero attached hydrogens (tertiary/aromatic N) is 1. The normalized spacial score (nSPS) is 12.2. The van der Waals surface area contributed by atoms with Gasteiger partial charge in [0.15, 0.2) is 0 Å². The predicted molar refractivity (Wildman–Crippen MR) is 75.6 cm³/mol. The maximum absolute atomic E-state index is 11.9. The van der Waals surface area contributed by atoms with E-state index >= 15 is 0 Å². The van der Waals surface area contributed by atoms with Crippen LogP contribution < -0.4 is 5.73 Å². The third kappa shape index (κ3) is 5.07. The van der Waals surface area contributed by atoms with E-state index in [0.717, 1.165) is 23.6 Å². The maximum atomic E-state index is 11.9. The van der Waals surface area contributed by atoms with E-state index in [-0.39, 0.29) is 5.91 Å². The second kappa shape index (κ2) is 7.39. The van der Waals surface area contributed by atoms with Gasteiger partial charge in [-0.2, -0.15) is 0 Å². The Kier molecular flexibility index (Phi) is 6.16. The summed E-state index contributed by atoms with van der Waals surface area (Å²) in [5.41, 5.74) is 6.68. The minimum Gasteiger partial charge on any atom is -0.345 e. The third-order valence-electron chi connectivity index (χ3n) is 2.95. The van der Waals surface area contributed by atoms with Gasteiger partial charge in [-0.15, -0.1) is 0 Å². The number of halogens is 1. The molecule has 0 saturated heterocycles. The van der Waals surface area contributed by atoms with Crippen LogP contribution in [0.5, 0.6) is 0 Å². The molecule has 0 aromatic heterocycles. The fraction of sp³-hybridized carbons (Fsp3) is 0.500. The van der Waals surface area contributed by atoms with Gasteiger partial charge in [0.05, 0.1) is 0 Å². The third-order valence-corrected chi connectivity index (χ3v) is 3.21.